The monoisotopic (exact) mass is 494 g/mol. The summed E-state index contributed by atoms with van der Waals surface area (Å²) in [6.45, 7) is 6.17. The molecular weight excluding hydrogens is 460 g/mol. The molecule has 1 saturated heterocycles. The number of aliphatic hydroxyl groups is 1. The first kappa shape index (κ1) is 24.0. The fourth-order valence-corrected chi connectivity index (χ4v) is 6.50. The van der Waals surface area contributed by atoms with Crippen molar-refractivity contribution in [3.8, 4) is 17.2 Å². The second-order valence-electron chi connectivity index (χ2n) is 9.59. The SMILES string of the molecule is COc1cc(OC)c2cc([C@H]3CCN(C[C@H](O)COc4cccc5[nH]c(C)cc45)[C@@H](C)C3)sc2c1. The summed E-state index contributed by atoms with van der Waals surface area (Å²) in [7, 11) is 3.40. The number of aryl methyl sites for hydroxylation is 1. The van der Waals surface area contributed by atoms with E-state index in [2.05, 4.69) is 35.0 Å². The summed E-state index contributed by atoms with van der Waals surface area (Å²) in [5, 5.41) is 13.0. The van der Waals surface area contributed by atoms with E-state index in [9.17, 15) is 5.11 Å². The van der Waals surface area contributed by atoms with E-state index in [0.717, 1.165) is 58.6 Å². The lowest BCUT2D eigenvalue weighted by Crippen LogP contribution is -2.45. The molecule has 5 rings (SSSR count). The van der Waals surface area contributed by atoms with Gasteiger partial charge in [0.1, 0.15) is 30.0 Å². The van der Waals surface area contributed by atoms with Gasteiger partial charge in [0, 0.05) is 50.2 Å². The van der Waals surface area contributed by atoms with Crippen molar-refractivity contribution in [3.63, 3.8) is 0 Å². The highest BCUT2D eigenvalue weighted by Gasteiger charge is 2.29. The zero-order valence-electron chi connectivity index (χ0n) is 20.8. The molecule has 0 amide bonds. The number of likely N-dealkylation sites (tertiary alicyclic amines) is 1. The van der Waals surface area contributed by atoms with Gasteiger partial charge in [0.25, 0.3) is 0 Å². The average Bonchev–Trinajstić information content (AvgIpc) is 3.46. The molecule has 1 fully saturated rings. The van der Waals surface area contributed by atoms with Gasteiger partial charge in [-0.05, 0) is 69.5 Å². The largest absolute Gasteiger partial charge is 0.497 e. The van der Waals surface area contributed by atoms with Gasteiger partial charge in [-0.2, -0.15) is 0 Å². The van der Waals surface area contributed by atoms with Crippen LogP contribution in [-0.2, 0) is 0 Å². The third-order valence-corrected chi connectivity index (χ3v) is 8.34. The number of nitrogens with one attached hydrogen (secondary N) is 1. The number of rotatable bonds is 8. The zero-order chi connectivity index (χ0) is 24.5. The Bertz CT molecular complexity index is 1310. The van der Waals surface area contributed by atoms with Gasteiger partial charge in [0.05, 0.1) is 14.2 Å². The van der Waals surface area contributed by atoms with E-state index in [1.807, 2.05) is 42.5 Å². The zero-order valence-corrected chi connectivity index (χ0v) is 21.7. The van der Waals surface area contributed by atoms with Crippen molar-refractivity contribution < 1.29 is 19.3 Å². The molecule has 1 aliphatic rings. The minimum atomic E-state index is -0.537. The van der Waals surface area contributed by atoms with Crippen LogP contribution in [0, 0.1) is 6.92 Å². The predicted molar refractivity (Wildman–Crippen MR) is 142 cm³/mol. The number of H-pyrrole nitrogens is 1. The van der Waals surface area contributed by atoms with Crippen LogP contribution in [0.3, 0.4) is 0 Å². The number of hydrogen-bond donors (Lipinski definition) is 2. The number of aromatic amines is 1. The lowest BCUT2D eigenvalue weighted by molar-refractivity contribution is 0.0408. The molecule has 2 aromatic carbocycles. The summed E-state index contributed by atoms with van der Waals surface area (Å²) in [5.74, 6) is 3.01. The molecule has 2 aromatic heterocycles. The van der Waals surface area contributed by atoms with Gasteiger partial charge in [-0.3, -0.25) is 4.90 Å². The fourth-order valence-electron chi connectivity index (χ4n) is 5.24. The number of nitrogens with zero attached hydrogens (tertiary/aromatic N) is 1. The third kappa shape index (κ3) is 4.99. The molecule has 1 aliphatic heterocycles. The molecule has 0 radical (unpaired) electrons. The normalized spacial score (nSPS) is 19.8. The van der Waals surface area contributed by atoms with Crippen LogP contribution >= 0.6 is 11.3 Å². The van der Waals surface area contributed by atoms with Crippen molar-refractivity contribution >= 4 is 32.3 Å². The van der Waals surface area contributed by atoms with E-state index in [0.29, 0.717) is 18.5 Å². The van der Waals surface area contributed by atoms with E-state index in [4.69, 9.17) is 14.2 Å². The first-order valence-corrected chi connectivity index (χ1v) is 13.1. The van der Waals surface area contributed by atoms with Gasteiger partial charge in [-0.1, -0.05) is 6.07 Å². The second kappa shape index (κ2) is 10.1. The predicted octanol–water partition coefficient (Wildman–Crippen LogP) is 5.72. The topological polar surface area (TPSA) is 67.0 Å². The van der Waals surface area contributed by atoms with Crippen molar-refractivity contribution in [3.05, 3.63) is 53.0 Å². The van der Waals surface area contributed by atoms with Gasteiger partial charge in [-0.25, -0.2) is 0 Å². The van der Waals surface area contributed by atoms with Crippen molar-refractivity contribution in [1.29, 1.82) is 0 Å². The molecule has 35 heavy (non-hydrogen) atoms. The highest BCUT2D eigenvalue weighted by atomic mass is 32.1. The van der Waals surface area contributed by atoms with Gasteiger partial charge in [0.15, 0.2) is 0 Å². The number of piperidine rings is 1. The highest BCUT2D eigenvalue weighted by molar-refractivity contribution is 7.19. The standard InChI is InChI=1S/C28H34N2O4S/c1-17-10-22-24(29-17)6-5-7-25(22)34-16-20(31)15-30-9-8-19(11-18(30)2)27-14-23-26(33-4)12-21(32-3)13-28(23)35-27/h5-7,10,12-14,18-20,29,31H,8-9,11,15-16H2,1-4H3/t18-,19-,20-/m0/s1. The molecule has 3 heterocycles. The number of thiophene rings is 1. The molecule has 0 unspecified atom stereocenters. The van der Waals surface area contributed by atoms with E-state index in [1.165, 1.54) is 9.58 Å². The summed E-state index contributed by atoms with van der Waals surface area (Å²) < 4.78 is 18.3. The Kier molecular flexibility index (Phi) is 6.91. The van der Waals surface area contributed by atoms with Crippen LogP contribution in [0.2, 0.25) is 0 Å². The Morgan fingerprint density at radius 1 is 1.11 bits per heavy atom. The maximum atomic E-state index is 10.7. The number of ether oxygens (including phenoxy) is 3. The summed E-state index contributed by atoms with van der Waals surface area (Å²) >= 11 is 1.84. The minimum absolute atomic E-state index is 0.286. The van der Waals surface area contributed by atoms with Gasteiger partial charge >= 0.3 is 0 Å². The minimum Gasteiger partial charge on any atom is -0.497 e. The molecule has 4 aromatic rings. The van der Waals surface area contributed by atoms with Crippen LogP contribution in [0.5, 0.6) is 17.2 Å². The first-order valence-electron chi connectivity index (χ1n) is 12.2. The van der Waals surface area contributed by atoms with Crippen molar-refractivity contribution in [1.82, 2.24) is 9.88 Å². The van der Waals surface area contributed by atoms with Gasteiger partial charge in [0.2, 0.25) is 0 Å². The Hall–Kier alpha value is -2.74. The lowest BCUT2D eigenvalue weighted by Gasteiger charge is -2.38. The number of benzene rings is 2. The Balaban J connectivity index is 1.20. The molecule has 6 nitrogen and oxygen atoms in total. The van der Waals surface area contributed by atoms with E-state index in [1.54, 1.807) is 14.2 Å². The van der Waals surface area contributed by atoms with Crippen LogP contribution in [0.1, 0.15) is 36.3 Å². The Labute approximate surface area is 210 Å². The molecule has 0 aliphatic carbocycles. The summed E-state index contributed by atoms with van der Waals surface area (Å²) in [6, 6.07) is 14.8. The van der Waals surface area contributed by atoms with Crippen LogP contribution in [0.15, 0.2) is 42.5 Å². The molecule has 3 atom stereocenters. The Morgan fingerprint density at radius 2 is 1.97 bits per heavy atom. The molecule has 0 bridgehead atoms. The van der Waals surface area contributed by atoms with Crippen LogP contribution in [-0.4, -0.2) is 61.1 Å². The molecule has 7 heteroatoms. The number of hydrogen-bond acceptors (Lipinski definition) is 6. The quantitative estimate of drug-likeness (QED) is 0.328. The molecule has 2 N–H and O–H groups in total. The smallest absolute Gasteiger partial charge is 0.131 e. The molecule has 186 valence electrons. The van der Waals surface area contributed by atoms with Gasteiger partial charge < -0.3 is 24.3 Å². The van der Waals surface area contributed by atoms with Crippen molar-refractivity contribution in [2.24, 2.45) is 0 Å². The van der Waals surface area contributed by atoms with Crippen LogP contribution < -0.4 is 14.2 Å². The highest BCUT2D eigenvalue weighted by Crippen LogP contribution is 2.42. The Morgan fingerprint density at radius 3 is 2.74 bits per heavy atom. The fraction of sp³-hybridized carbons (Fsp3) is 0.429. The lowest BCUT2D eigenvalue weighted by atomic mass is 9.90. The van der Waals surface area contributed by atoms with Crippen LogP contribution in [0.25, 0.3) is 21.0 Å². The third-order valence-electron chi connectivity index (χ3n) is 7.10. The number of methoxy groups -OCH3 is 2. The number of fused-ring (bicyclic) bond motifs is 2. The first-order chi connectivity index (χ1) is 16.9. The maximum Gasteiger partial charge on any atom is 0.131 e. The maximum absolute atomic E-state index is 10.7. The molecular formula is C28H34N2O4S. The van der Waals surface area contributed by atoms with Crippen molar-refractivity contribution in [2.75, 3.05) is 33.9 Å². The van der Waals surface area contributed by atoms with E-state index >= 15 is 0 Å². The summed E-state index contributed by atoms with van der Waals surface area (Å²) in [4.78, 5) is 7.12. The van der Waals surface area contributed by atoms with E-state index in [-0.39, 0.29) is 6.61 Å². The van der Waals surface area contributed by atoms with Crippen molar-refractivity contribution in [2.45, 2.75) is 44.8 Å². The second-order valence-corrected chi connectivity index (χ2v) is 10.7. The number of β-amino-alcohol motifs (C(OH)–C–C–N with tert-alkyl or cyclic N) is 1. The number of aliphatic hydroxyl groups excluding tert-OH is 1. The molecule has 0 spiro atoms. The van der Waals surface area contributed by atoms with Gasteiger partial charge in [-0.15, -0.1) is 11.3 Å². The van der Waals surface area contributed by atoms with E-state index < -0.39 is 6.10 Å². The average molecular weight is 495 g/mol. The molecule has 0 saturated carbocycles. The summed E-state index contributed by atoms with van der Waals surface area (Å²) in [6.07, 6.45) is 1.61. The van der Waals surface area contributed by atoms with Crippen LogP contribution in [0.4, 0.5) is 0 Å². The number of aromatic nitrogens is 1. The summed E-state index contributed by atoms with van der Waals surface area (Å²) in [5.41, 5.74) is 2.16.